The van der Waals surface area contributed by atoms with Crippen molar-refractivity contribution in [3.05, 3.63) is 95.6 Å². The lowest BCUT2D eigenvalue weighted by molar-refractivity contribution is 0.102. The summed E-state index contributed by atoms with van der Waals surface area (Å²) in [6.07, 6.45) is 0. The summed E-state index contributed by atoms with van der Waals surface area (Å²) in [7, 11) is 0. The van der Waals surface area contributed by atoms with Crippen LogP contribution in [0.1, 0.15) is 28.9 Å². The number of halogens is 2. The zero-order valence-electron chi connectivity index (χ0n) is 16.0. The van der Waals surface area contributed by atoms with Crippen LogP contribution in [-0.4, -0.2) is 11.9 Å². The van der Waals surface area contributed by atoms with Crippen molar-refractivity contribution >= 4 is 36.1 Å². The second-order valence-electron chi connectivity index (χ2n) is 6.54. The lowest BCUT2D eigenvalue weighted by atomic mass is 10.1. The number of rotatable bonds is 5. The third-order valence-electron chi connectivity index (χ3n) is 4.38. The average Bonchev–Trinajstić information content (AvgIpc) is 2.75. The Morgan fingerprint density at radius 1 is 0.867 bits per heavy atom. The Morgan fingerprint density at radius 3 is 1.97 bits per heavy atom. The number of carbonyl (C=O) groups is 2. The molecule has 0 aromatic heterocycles. The number of carbonyl (C=O) groups excluding carboxylic acids is 2. The van der Waals surface area contributed by atoms with Gasteiger partial charge >= 0.3 is 6.03 Å². The zero-order valence-corrected chi connectivity index (χ0v) is 16.9. The molecule has 3 aromatic carbocycles. The van der Waals surface area contributed by atoms with Crippen LogP contribution in [0, 0.1) is 11.6 Å². The molecule has 0 heterocycles. The van der Waals surface area contributed by atoms with Crippen LogP contribution < -0.4 is 14.9 Å². The van der Waals surface area contributed by atoms with Gasteiger partial charge in [0.25, 0.3) is 5.91 Å². The van der Waals surface area contributed by atoms with Crippen LogP contribution in [0.25, 0.3) is 0 Å². The summed E-state index contributed by atoms with van der Waals surface area (Å²) >= 11 is 4.22. The molecule has 0 aliphatic heterocycles. The molecular weight excluding hydrogens is 408 g/mol. The van der Waals surface area contributed by atoms with Crippen molar-refractivity contribution < 1.29 is 18.4 Å². The normalized spacial score (nSPS) is 11.5. The van der Waals surface area contributed by atoms with Crippen molar-refractivity contribution in [3.8, 4) is 0 Å². The molecule has 0 radical (unpaired) electrons. The van der Waals surface area contributed by atoms with Gasteiger partial charge in [0.15, 0.2) is 0 Å². The summed E-state index contributed by atoms with van der Waals surface area (Å²) in [6, 6.07) is 16.7. The number of hydrogen-bond donors (Lipinski definition) is 3. The standard InChI is InChI=1S/C22H19F2N3O2S/c1-14(15-2-6-17(23)7-3-15)25-22(29)27(30)20-12-4-16(5-13-20)21(28)26-19-10-8-18(24)9-11-19/h2-14,30H,1H3,(H,25,29)(H,26,28). The third-order valence-corrected chi connectivity index (χ3v) is 4.79. The minimum absolute atomic E-state index is 0.350. The summed E-state index contributed by atoms with van der Waals surface area (Å²) < 4.78 is 27.1. The summed E-state index contributed by atoms with van der Waals surface area (Å²) in [6.45, 7) is 1.77. The maximum Gasteiger partial charge on any atom is 0.332 e. The molecule has 30 heavy (non-hydrogen) atoms. The van der Waals surface area contributed by atoms with Crippen LogP contribution >= 0.6 is 12.8 Å². The van der Waals surface area contributed by atoms with E-state index in [0.717, 1.165) is 9.87 Å². The quantitative estimate of drug-likeness (QED) is 0.482. The minimum Gasteiger partial charge on any atom is -0.330 e. The number of amides is 3. The number of hydrogen-bond acceptors (Lipinski definition) is 3. The molecule has 1 atom stereocenters. The van der Waals surface area contributed by atoms with E-state index in [4.69, 9.17) is 0 Å². The van der Waals surface area contributed by atoms with Crippen molar-refractivity contribution in [1.29, 1.82) is 0 Å². The van der Waals surface area contributed by atoms with Gasteiger partial charge in [-0.25, -0.2) is 17.9 Å². The Morgan fingerprint density at radius 2 is 1.40 bits per heavy atom. The average molecular weight is 427 g/mol. The molecule has 0 bridgehead atoms. The smallest absolute Gasteiger partial charge is 0.330 e. The van der Waals surface area contributed by atoms with Gasteiger partial charge < -0.3 is 10.6 Å². The van der Waals surface area contributed by atoms with E-state index >= 15 is 0 Å². The first-order valence-corrected chi connectivity index (χ1v) is 9.45. The molecule has 5 nitrogen and oxygen atoms in total. The van der Waals surface area contributed by atoms with Crippen molar-refractivity contribution in [3.63, 3.8) is 0 Å². The monoisotopic (exact) mass is 427 g/mol. The van der Waals surface area contributed by atoms with E-state index in [-0.39, 0.29) is 17.8 Å². The van der Waals surface area contributed by atoms with Gasteiger partial charge in [-0.15, -0.1) is 0 Å². The fraction of sp³-hybridized carbons (Fsp3) is 0.0909. The lowest BCUT2D eigenvalue weighted by Crippen LogP contribution is -2.35. The van der Waals surface area contributed by atoms with Crippen LogP contribution in [-0.2, 0) is 0 Å². The number of benzene rings is 3. The second-order valence-corrected chi connectivity index (χ2v) is 6.94. The van der Waals surface area contributed by atoms with Crippen molar-refractivity contribution in [2.45, 2.75) is 13.0 Å². The Kier molecular flexibility index (Phi) is 6.68. The Bertz CT molecular complexity index is 1030. The van der Waals surface area contributed by atoms with Crippen LogP contribution in [0.5, 0.6) is 0 Å². The number of nitrogens with one attached hydrogen (secondary N) is 2. The largest absolute Gasteiger partial charge is 0.332 e. The highest BCUT2D eigenvalue weighted by Gasteiger charge is 2.16. The first kappa shape index (κ1) is 21.3. The van der Waals surface area contributed by atoms with Crippen molar-refractivity contribution in [1.82, 2.24) is 5.32 Å². The molecule has 154 valence electrons. The van der Waals surface area contributed by atoms with Crippen LogP contribution in [0.2, 0.25) is 0 Å². The highest BCUT2D eigenvalue weighted by atomic mass is 32.1. The lowest BCUT2D eigenvalue weighted by Gasteiger charge is -2.20. The van der Waals surface area contributed by atoms with E-state index in [9.17, 15) is 18.4 Å². The molecule has 0 aliphatic rings. The summed E-state index contributed by atoms with van der Waals surface area (Å²) in [5.41, 5.74) is 2.04. The molecule has 1 unspecified atom stereocenters. The van der Waals surface area contributed by atoms with E-state index in [1.165, 1.54) is 36.4 Å². The molecule has 0 saturated carbocycles. The van der Waals surface area contributed by atoms with Crippen molar-refractivity contribution in [2.24, 2.45) is 0 Å². The molecule has 2 N–H and O–H groups in total. The molecule has 3 aromatic rings. The van der Waals surface area contributed by atoms with Gasteiger partial charge in [-0.05, 0) is 73.2 Å². The van der Waals surface area contributed by atoms with E-state index in [1.807, 2.05) is 0 Å². The summed E-state index contributed by atoms with van der Waals surface area (Å²) in [5.74, 6) is -1.11. The van der Waals surface area contributed by atoms with Crippen LogP contribution in [0.15, 0.2) is 72.8 Å². The molecule has 3 rings (SSSR count). The first-order chi connectivity index (χ1) is 14.3. The maximum atomic E-state index is 13.0. The predicted molar refractivity (Wildman–Crippen MR) is 116 cm³/mol. The fourth-order valence-electron chi connectivity index (χ4n) is 2.69. The van der Waals surface area contributed by atoms with Crippen LogP contribution in [0.3, 0.4) is 0 Å². The van der Waals surface area contributed by atoms with Gasteiger partial charge in [-0.2, -0.15) is 0 Å². The molecule has 3 amide bonds. The van der Waals surface area contributed by atoms with E-state index < -0.39 is 11.8 Å². The first-order valence-electron chi connectivity index (χ1n) is 9.05. The molecule has 0 spiro atoms. The second kappa shape index (κ2) is 9.41. The molecule has 8 heteroatoms. The van der Waals surface area contributed by atoms with Crippen molar-refractivity contribution in [2.75, 3.05) is 9.62 Å². The van der Waals surface area contributed by atoms with Gasteiger partial charge in [0.1, 0.15) is 11.6 Å². The Balaban J connectivity index is 1.61. The van der Waals surface area contributed by atoms with Gasteiger partial charge in [0.05, 0.1) is 11.7 Å². The zero-order chi connectivity index (χ0) is 21.7. The molecule has 0 aliphatic carbocycles. The van der Waals surface area contributed by atoms with Gasteiger partial charge in [-0.3, -0.25) is 4.79 Å². The molecular formula is C22H19F2N3O2S. The fourth-order valence-corrected chi connectivity index (χ4v) is 2.88. The van der Waals surface area contributed by atoms with Gasteiger partial charge in [-0.1, -0.05) is 24.9 Å². The highest BCUT2D eigenvalue weighted by Crippen LogP contribution is 2.20. The van der Waals surface area contributed by atoms with E-state index in [0.29, 0.717) is 16.9 Å². The maximum absolute atomic E-state index is 13.0. The van der Waals surface area contributed by atoms with Gasteiger partial charge in [0, 0.05) is 11.3 Å². The van der Waals surface area contributed by atoms with Gasteiger partial charge in [0.2, 0.25) is 0 Å². The molecule has 0 fully saturated rings. The predicted octanol–water partition coefficient (Wildman–Crippen LogP) is 5.34. The highest BCUT2D eigenvalue weighted by molar-refractivity contribution is 7.82. The van der Waals surface area contributed by atoms with E-state index in [2.05, 4.69) is 23.4 Å². The SMILES string of the molecule is CC(NC(=O)N(S)c1ccc(C(=O)Nc2ccc(F)cc2)cc1)c1ccc(F)cc1. The Labute approximate surface area is 178 Å². The van der Waals surface area contributed by atoms with Crippen LogP contribution in [0.4, 0.5) is 25.0 Å². The third kappa shape index (κ3) is 5.36. The van der Waals surface area contributed by atoms with E-state index in [1.54, 1.807) is 43.3 Å². The molecule has 0 saturated heterocycles. The minimum atomic E-state index is -0.473. The summed E-state index contributed by atoms with van der Waals surface area (Å²) in [4.78, 5) is 24.7. The number of anilines is 2. The summed E-state index contributed by atoms with van der Waals surface area (Å²) in [5, 5.41) is 5.43. The topological polar surface area (TPSA) is 61.4 Å². The number of nitrogens with zero attached hydrogens (tertiary/aromatic N) is 1. The number of thiol groups is 1. The number of urea groups is 1. The Hall–Kier alpha value is -3.39.